The van der Waals surface area contributed by atoms with Crippen LogP contribution < -0.4 is 0 Å². The minimum atomic E-state index is 0.240. The largest absolute Gasteiger partial charge is 0.0808 e. The van der Waals surface area contributed by atoms with Gasteiger partial charge in [0.15, 0.2) is 0 Å². The lowest BCUT2D eigenvalue weighted by atomic mass is 9.80. The minimum Gasteiger partial charge on any atom is -0.0808 e. The van der Waals surface area contributed by atoms with Crippen molar-refractivity contribution < 1.29 is 0 Å². The predicted molar refractivity (Wildman–Crippen MR) is 87.6 cm³/mol. The van der Waals surface area contributed by atoms with E-state index < -0.39 is 0 Å². The molecule has 0 N–H and O–H groups in total. The van der Waals surface area contributed by atoms with E-state index in [-0.39, 0.29) is 5.41 Å². The SMILES string of the molecule is CC1CC2C=CC=C(c3ccc(C(C)(C)C)cc3)C2C1. The number of benzene rings is 1. The molecule has 0 radical (unpaired) electrons. The highest BCUT2D eigenvalue weighted by atomic mass is 14.4. The number of hydrogen-bond donors (Lipinski definition) is 0. The van der Waals surface area contributed by atoms with Crippen molar-refractivity contribution in [1.29, 1.82) is 0 Å². The summed E-state index contributed by atoms with van der Waals surface area (Å²) in [6.07, 6.45) is 9.74. The Hall–Kier alpha value is -1.30. The molecule has 20 heavy (non-hydrogen) atoms. The Morgan fingerprint density at radius 2 is 1.70 bits per heavy atom. The highest BCUT2D eigenvalue weighted by molar-refractivity contribution is 5.71. The summed E-state index contributed by atoms with van der Waals surface area (Å²) in [6.45, 7) is 9.23. The second-order valence-electron chi connectivity index (χ2n) is 7.68. The van der Waals surface area contributed by atoms with Crippen LogP contribution in [0.25, 0.3) is 5.57 Å². The summed E-state index contributed by atoms with van der Waals surface area (Å²) in [5.74, 6) is 2.38. The molecule has 3 rings (SSSR count). The van der Waals surface area contributed by atoms with E-state index in [9.17, 15) is 0 Å². The standard InChI is InChI=1S/C20H26/c1-14-12-16-6-5-7-18(19(16)13-14)15-8-10-17(11-9-15)20(2,3)4/h5-11,14,16,19H,12-13H2,1-4H3. The molecule has 3 atom stereocenters. The molecular weight excluding hydrogens is 240 g/mol. The minimum absolute atomic E-state index is 0.240. The Morgan fingerprint density at radius 1 is 1.00 bits per heavy atom. The fourth-order valence-corrected chi connectivity index (χ4v) is 3.80. The average Bonchev–Trinajstić information content (AvgIpc) is 2.78. The van der Waals surface area contributed by atoms with Gasteiger partial charge in [-0.15, -0.1) is 0 Å². The first-order chi connectivity index (χ1) is 9.45. The molecule has 1 fully saturated rings. The Balaban J connectivity index is 1.89. The van der Waals surface area contributed by atoms with Gasteiger partial charge >= 0.3 is 0 Å². The molecular formula is C20H26. The lowest BCUT2D eigenvalue weighted by Gasteiger charge is -2.25. The zero-order valence-corrected chi connectivity index (χ0v) is 13.2. The number of fused-ring (bicyclic) bond motifs is 1. The molecule has 1 aromatic rings. The lowest BCUT2D eigenvalue weighted by molar-refractivity contribution is 0.567. The van der Waals surface area contributed by atoms with Gasteiger partial charge in [0.25, 0.3) is 0 Å². The van der Waals surface area contributed by atoms with E-state index in [0.717, 1.165) is 17.8 Å². The maximum absolute atomic E-state index is 2.42. The second kappa shape index (κ2) is 4.91. The molecule has 0 spiro atoms. The van der Waals surface area contributed by atoms with Crippen LogP contribution in [0, 0.1) is 17.8 Å². The third-order valence-electron chi connectivity index (χ3n) is 4.97. The topological polar surface area (TPSA) is 0 Å². The maximum atomic E-state index is 2.42. The quantitative estimate of drug-likeness (QED) is 0.620. The molecule has 2 aliphatic carbocycles. The Labute approximate surface area is 123 Å². The van der Waals surface area contributed by atoms with Crippen molar-refractivity contribution >= 4 is 5.57 Å². The molecule has 0 aromatic heterocycles. The molecule has 2 aliphatic rings. The van der Waals surface area contributed by atoms with E-state index in [0.29, 0.717) is 0 Å². The Kier molecular flexibility index (Phi) is 3.36. The smallest absolute Gasteiger partial charge is 0.00903 e. The monoisotopic (exact) mass is 266 g/mol. The summed E-state index contributed by atoms with van der Waals surface area (Å²) >= 11 is 0. The summed E-state index contributed by atoms with van der Waals surface area (Å²) in [6, 6.07) is 9.26. The van der Waals surface area contributed by atoms with Crippen molar-refractivity contribution in [3.8, 4) is 0 Å². The summed E-state index contributed by atoms with van der Waals surface area (Å²) in [5.41, 5.74) is 4.64. The van der Waals surface area contributed by atoms with Crippen LogP contribution in [0.5, 0.6) is 0 Å². The zero-order valence-electron chi connectivity index (χ0n) is 13.2. The highest BCUT2D eigenvalue weighted by Crippen LogP contribution is 2.46. The van der Waals surface area contributed by atoms with Crippen molar-refractivity contribution in [2.24, 2.45) is 17.8 Å². The van der Waals surface area contributed by atoms with Crippen LogP contribution >= 0.6 is 0 Å². The third kappa shape index (κ3) is 2.49. The van der Waals surface area contributed by atoms with E-state index >= 15 is 0 Å². The molecule has 0 saturated heterocycles. The van der Waals surface area contributed by atoms with Gasteiger partial charge in [-0.05, 0) is 52.7 Å². The molecule has 0 amide bonds. The van der Waals surface area contributed by atoms with Crippen molar-refractivity contribution in [3.05, 3.63) is 53.6 Å². The van der Waals surface area contributed by atoms with Crippen molar-refractivity contribution in [3.63, 3.8) is 0 Å². The molecule has 0 nitrogen and oxygen atoms in total. The van der Waals surface area contributed by atoms with E-state index in [1.807, 2.05) is 0 Å². The molecule has 0 heterocycles. The van der Waals surface area contributed by atoms with E-state index in [4.69, 9.17) is 0 Å². The molecule has 106 valence electrons. The lowest BCUT2D eigenvalue weighted by Crippen LogP contribution is -2.12. The van der Waals surface area contributed by atoms with Crippen molar-refractivity contribution in [2.75, 3.05) is 0 Å². The van der Waals surface area contributed by atoms with E-state index in [1.54, 1.807) is 5.57 Å². The van der Waals surface area contributed by atoms with Gasteiger partial charge < -0.3 is 0 Å². The highest BCUT2D eigenvalue weighted by Gasteiger charge is 2.34. The van der Waals surface area contributed by atoms with Gasteiger partial charge in [0.1, 0.15) is 0 Å². The Bertz CT molecular complexity index is 536. The summed E-state index contributed by atoms with van der Waals surface area (Å²) < 4.78 is 0. The molecule has 0 aliphatic heterocycles. The second-order valence-corrected chi connectivity index (χ2v) is 7.68. The van der Waals surface area contributed by atoms with Gasteiger partial charge in [-0.1, -0.05) is 70.2 Å². The number of rotatable bonds is 1. The van der Waals surface area contributed by atoms with Crippen LogP contribution in [0.3, 0.4) is 0 Å². The van der Waals surface area contributed by atoms with Gasteiger partial charge in [0, 0.05) is 0 Å². The van der Waals surface area contributed by atoms with Gasteiger partial charge in [0.05, 0.1) is 0 Å². The van der Waals surface area contributed by atoms with Gasteiger partial charge in [-0.2, -0.15) is 0 Å². The van der Waals surface area contributed by atoms with Crippen LogP contribution in [0.4, 0.5) is 0 Å². The first-order valence-electron chi connectivity index (χ1n) is 7.94. The molecule has 1 aromatic carbocycles. The van der Waals surface area contributed by atoms with Crippen LogP contribution in [0.15, 0.2) is 42.5 Å². The summed E-state index contributed by atoms with van der Waals surface area (Å²) in [7, 11) is 0. The zero-order chi connectivity index (χ0) is 14.3. The normalized spacial score (nSPS) is 29.2. The van der Waals surface area contributed by atoms with Crippen LogP contribution in [-0.4, -0.2) is 0 Å². The van der Waals surface area contributed by atoms with Gasteiger partial charge in [-0.25, -0.2) is 0 Å². The van der Waals surface area contributed by atoms with E-state index in [2.05, 4.69) is 70.2 Å². The molecule has 3 unspecified atom stereocenters. The average molecular weight is 266 g/mol. The maximum Gasteiger partial charge on any atom is -0.00903 e. The fourth-order valence-electron chi connectivity index (χ4n) is 3.80. The first kappa shape index (κ1) is 13.7. The fraction of sp³-hybridized carbons (Fsp3) is 0.500. The third-order valence-corrected chi connectivity index (χ3v) is 4.97. The van der Waals surface area contributed by atoms with Crippen LogP contribution in [-0.2, 0) is 5.41 Å². The predicted octanol–water partition coefficient (Wildman–Crippen LogP) is 5.60. The van der Waals surface area contributed by atoms with E-state index in [1.165, 1.54) is 24.0 Å². The summed E-state index contributed by atoms with van der Waals surface area (Å²) in [4.78, 5) is 0. The summed E-state index contributed by atoms with van der Waals surface area (Å²) in [5, 5.41) is 0. The van der Waals surface area contributed by atoms with Crippen LogP contribution in [0.1, 0.15) is 51.7 Å². The first-order valence-corrected chi connectivity index (χ1v) is 7.94. The van der Waals surface area contributed by atoms with Gasteiger partial charge in [-0.3, -0.25) is 0 Å². The Morgan fingerprint density at radius 3 is 2.35 bits per heavy atom. The molecule has 1 saturated carbocycles. The van der Waals surface area contributed by atoms with Crippen LogP contribution in [0.2, 0.25) is 0 Å². The number of allylic oxidation sites excluding steroid dienone is 4. The van der Waals surface area contributed by atoms with Crippen molar-refractivity contribution in [1.82, 2.24) is 0 Å². The molecule has 0 heteroatoms. The van der Waals surface area contributed by atoms with Gasteiger partial charge in [0.2, 0.25) is 0 Å². The molecule has 0 bridgehead atoms. The van der Waals surface area contributed by atoms with Crippen molar-refractivity contribution in [2.45, 2.75) is 46.0 Å². The number of hydrogen-bond acceptors (Lipinski definition) is 0.